The number of aromatic nitrogens is 2. The first-order chi connectivity index (χ1) is 9.56. The molecule has 0 aliphatic heterocycles. The van der Waals surface area contributed by atoms with Gasteiger partial charge in [0.2, 0.25) is 5.13 Å². The van der Waals surface area contributed by atoms with Crippen molar-refractivity contribution in [3.05, 3.63) is 46.5 Å². The summed E-state index contributed by atoms with van der Waals surface area (Å²) in [5.41, 5.74) is 3.42. The highest BCUT2D eigenvalue weighted by atomic mass is 32.1. The zero-order valence-electron chi connectivity index (χ0n) is 10.5. The van der Waals surface area contributed by atoms with Gasteiger partial charge in [-0.05, 0) is 30.2 Å². The third kappa shape index (κ3) is 3.48. The lowest BCUT2D eigenvalue weighted by Gasteiger charge is -2.06. The van der Waals surface area contributed by atoms with Gasteiger partial charge in [-0.15, -0.1) is 10.2 Å². The molecule has 2 aromatic rings. The molecule has 20 heavy (non-hydrogen) atoms. The summed E-state index contributed by atoms with van der Waals surface area (Å²) >= 11 is 1.22. The molecule has 0 aliphatic rings. The number of carboxylic acid groups (broad SMARTS) is 1. The smallest absolute Gasteiger partial charge is 0.328 e. The number of nitrogens with zero attached hydrogens (tertiary/aromatic N) is 2. The summed E-state index contributed by atoms with van der Waals surface area (Å²) in [6.45, 7) is 1.81. The second-order valence-corrected chi connectivity index (χ2v) is 4.78. The largest absolute Gasteiger partial charge is 0.478 e. The fraction of sp³-hybridized carbons (Fsp3) is 0.0769. The molecule has 0 aliphatic carbocycles. The molecule has 0 fully saturated rings. The maximum absolute atomic E-state index is 12.1. The number of aryl methyl sites for hydroxylation is 1. The van der Waals surface area contributed by atoms with Crippen LogP contribution in [0.1, 0.15) is 21.5 Å². The van der Waals surface area contributed by atoms with Crippen molar-refractivity contribution in [1.82, 2.24) is 10.2 Å². The number of benzene rings is 1. The van der Waals surface area contributed by atoms with Crippen molar-refractivity contribution >= 4 is 34.4 Å². The summed E-state index contributed by atoms with van der Waals surface area (Å²) in [4.78, 5) is 22.6. The first-order valence-corrected chi connectivity index (χ1v) is 6.53. The molecule has 0 atom stereocenters. The van der Waals surface area contributed by atoms with E-state index in [2.05, 4.69) is 15.5 Å². The Labute approximate surface area is 118 Å². The average Bonchev–Trinajstić information content (AvgIpc) is 2.90. The van der Waals surface area contributed by atoms with E-state index in [1.807, 2.05) is 0 Å². The monoisotopic (exact) mass is 289 g/mol. The Kier molecular flexibility index (Phi) is 4.21. The zero-order valence-corrected chi connectivity index (χ0v) is 11.3. The minimum Gasteiger partial charge on any atom is -0.478 e. The maximum Gasteiger partial charge on any atom is 0.328 e. The third-order valence-corrected chi connectivity index (χ3v) is 3.11. The maximum atomic E-state index is 12.1. The summed E-state index contributed by atoms with van der Waals surface area (Å²) in [6.07, 6.45) is 2.46. The Bertz CT molecular complexity index is 666. The van der Waals surface area contributed by atoms with E-state index >= 15 is 0 Å². The lowest BCUT2D eigenvalue weighted by Crippen LogP contribution is -2.13. The predicted octanol–water partition coefficient (Wildman–Crippen LogP) is 2.20. The number of hydrogen-bond acceptors (Lipinski definition) is 5. The molecule has 0 bridgehead atoms. The van der Waals surface area contributed by atoms with Gasteiger partial charge in [0.1, 0.15) is 5.51 Å². The molecule has 102 valence electrons. The minimum atomic E-state index is -1.04. The van der Waals surface area contributed by atoms with E-state index in [1.54, 1.807) is 25.1 Å². The van der Waals surface area contributed by atoms with Gasteiger partial charge in [0.25, 0.3) is 5.91 Å². The second-order valence-electron chi connectivity index (χ2n) is 3.94. The highest BCUT2D eigenvalue weighted by Crippen LogP contribution is 2.16. The number of amides is 1. The van der Waals surface area contributed by atoms with Crippen molar-refractivity contribution in [3.63, 3.8) is 0 Å². The van der Waals surface area contributed by atoms with Crippen LogP contribution in [-0.2, 0) is 4.79 Å². The van der Waals surface area contributed by atoms with Gasteiger partial charge in [-0.1, -0.05) is 23.5 Å². The molecule has 7 heteroatoms. The summed E-state index contributed by atoms with van der Waals surface area (Å²) < 4.78 is 0. The molecule has 6 nitrogen and oxygen atoms in total. The highest BCUT2D eigenvalue weighted by molar-refractivity contribution is 7.13. The van der Waals surface area contributed by atoms with E-state index in [-0.39, 0.29) is 5.91 Å². The molecular formula is C13H11N3O3S. The number of carbonyl (C=O) groups excluding carboxylic acids is 1. The SMILES string of the molecule is Cc1ccc(C=CC(=O)O)cc1C(=O)Nc1nncs1. The predicted molar refractivity (Wildman–Crippen MR) is 75.7 cm³/mol. The number of nitrogens with one attached hydrogen (secondary N) is 1. The van der Waals surface area contributed by atoms with Gasteiger partial charge in [-0.2, -0.15) is 0 Å². The molecule has 0 saturated carbocycles. The molecule has 0 unspecified atom stereocenters. The van der Waals surface area contributed by atoms with E-state index in [0.29, 0.717) is 16.3 Å². The number of anilines is 1. The number of rotatable bonds is 4. The Morgan fingerprint density at radius 2 is 2.20 bits per heavy atom. The summed E-state index contributed by atoms with van der Waals surface area (Å²) in [5.74, 6) is -1.34. The molecule has 2 rings (SSSR count). The average molecular weight is 289 g/mol. The van der Waals surface area contributed by atoms with Crippen LogP contribution >= 0.6 is 11.3 Å². The first kappa shape index (κ1) is 13.9. The summed E-state index contributed by atoms with van der Waals surface area (Å²) in [5, 5.41) is 19.0. The fourth-order valence-corrected chi connectivity index (χ4v) is 1.99. The lowest BCUT2D eigenvalue weighted by molar-refractivity contribution is -0.131. The summed E-state index contributed by atoms with van der Waals surface area (Å²) in [7, 11) is 0. The van der Waals surface area contributed by atoms with E-state index in [9.17, 15) is 9.59 Å². The van der Waals surface area contributed by atoms with Crippen LogP contribution in [0.3, 0.4) is 0 Å². The highest BCUT2D eigenvalue weighted by Gasteiger charge is 2.11. The molecule has 1 aromatic carbocycles. The summed E-state index contributed by atoms with van der Waals surface area (Å²) in [6, 6.07) is 5.14. The van der Waals surface area contributed by atoms with Crippen molar-refractivity contribution in [2.75, 3.05) is 5.32 Å². The molecular weight excluding hydrogens is 278 g/mol. The van der Waals surface area contributed by atoms with E-state index in [0.717, 1.165) is 11.6 Å². The van der Waals surface area contributed by atoms with Crippen molar-refractivity contribution < 1.29 is 14.7 Å². The topological polar surface area (TPSA) is 92.2 Å². The van der Waals surface area contributed by atoms with Crippen molar-refractivity contribution in [2.24, 2.45) is 0 Å². The van der Waals surface area contributed by atoms with Crippen LogP contribution in [0.2, 0.25) is 0 Å². The van der Waals surface area contributed by atoms with Gasteiger partial charge < -0.3 is 5.11 Å². The van der Waals surface area contributed by atoms with E-state index in [4.69, 9.17) is 5.11 Å². The van der Waals surface area contributed by atoms with Gasteiger partial charge in [0, 0.05) is 11.6 Å². The Morgan fingerprint density at radius 3 is 2.85 bits per heavy atom. The number of aliphatic carboxylic acids is 1. The van der Waals surface area contributed by atoms with Crippen LogP contribution in [-0.4, -0.2) is 27.2 Å². The number of carbonyl (C=O) groups is 2. The van der Waals surface area contributed by atoms with Gasteiger partial charge >= 0.3 is 5.97 Å². The van der Waals surface area contributed by atoms with Gasteiger partial charge in [0.05, 0.1) is 0 Å². The Hall–Kier alpha value is -2.54. The minimum absolute atomic E-state index is 0.301. The first-order valence-electron chi connectivity index (χ1n) is 5.65. The standard InChI is InChI=1S/C13H11N3O3S/c1-8-2-3-9(4-5-11(17)18)6-10(8)12(19)15-13-16-14-7-20-13/h2-7H,1H3,(H,17,18)(H,15,16,19). The van der Waals surface area contributed by atoms with Crippen LogP contribution in [0.5, 0.6) is 0 Å². The number of hydrogen-bond donors (Lipinski definition) is 2. The Morgan fingerprint density at radius 1 is 1.40 bits per heavy atom. The van der Waals surface area contributed by atoms with Crippen molar-refractivity contribution in [1.29, 1.82) is 0 Å². The Balaban J connectivity index is 2.24. The van der Waals surface area contributed by atoms with Crippen molar-refractivity contribution in [3.8, 4) is 0 Å². The van der Waals surface area contributed by atoms with Gasteiger partial charge in [-0.25, -0.2) is 4.79 Å². The van der Waals surface area contributed by atoms with Gasteiger partial charge in [0.15, 0.2) is 0 Å². The van der Waals surface area contributed by atoms with Crippen LogP contribution in [0.4, 0.5) is 5.13 Å². The van der Waals surface area contributed by atoms with E-state index in [1.165, 1.54) is 22.9 Å². The quantitative estimate of drug-likeness (QED) is 0.842. The van der Waals surface area contributed by atoms with Crippen LogP contribution < -0.4 is 5.32 Å². The fourth-order valence-electron chi connectivity index (χ4n) is 1.55. The molecule has 2 N–H and O–H groups in total. The second kappa shape index (κ2) is 6.07. The molecule has 0 saturated heterocycles. The molecule has 1 amide bonds. The van der Waals surface area contributed by atoms with E-state index < -0.39 is 5.97 Å². The zero-order chi connectivity index (χ0) is 14.5. The van der Waals surface area contributed by atoms with Crippen LogP contribution in [0, 0.1) is 6.92 Å². The number of carboxylic acids is 1. The molecule has 0 radical (unpaired) electrons. The normalized spacial score (nSPS) is 10.7. The molecule has 1 aromatic heterocycles. The molecule has 0 spiro atoms. The molecule has 1 heterocycles. The van der Waals surface area contributed by atoms with Crippen molar-refractivity contribution in [2.45, 2.75) is 6.92 Å². The van der Waals surface area contributed by atoms with Crippen LogP contribution in [0.25, 0.3) is 6.08 Å². The van der Waals surface area contributed by atoms with Crippen LogP contribution in [0.15, 0.2) is 29.8 Å². The lowest BCUT2D eigenvalue weighted by atomic mass is 10.0. The third-order valence-electron chi connectivity index (χ3n) is 2.51. The van der Waals surface area contributed by atoms with Gasteiger partial charge in [-0.3, -0.25) is 10.1 Å².